The number of rotatable bonds is 11. The lowest BCUT2D eigenvalue weighted by Crippen LogP contribution is -2.32. The number of hydrogen-bond donors (Lipinski definition) is 2. The Labute approximate surface area is 174 Å². The van der Waals surface area contributed by atoms with Crippen LogP contribution in [0.5, 0.6) is 5.75 Å². The van der Waals surface area contributed by atoms with E-state index in [0.29, 0.717) is 32.1 Å². The van der Waals surface area contributed by atoms with Crippen LogP contribution in [0.4, 0.5) is 18.9 Å². The average Bonchev–Trinajstić information content (AvgIpc) is 2.60. The van der Waals surface area contributed by atoms with Gasteiger partial charge >= 0.3 is 6.18 Å². The Hall–Kier alpha value is -1.27. The van der Waals surface area contributed by atoms with Crippen molar-refractivity contribution in [1.82, 2.24) is 5.32 Å². The summed E-state index contributed by atoms with van der Waals surface area (Å²) in [4.78, 5) is 4.07. The fourth-order valence-corrected chi connectivity index (χ4v) is 1.94. The van der Waals surface area contributed by atoms with Crippen molar-refractivity contribution >= 4 is 35.6 Å². The normalized spacial score (nSPS) is 11.7. The summed E-state index contributed by atoms with van der Waals surface area (Å²) in [6.45, 7) is 0.430. The summed E-state index contributed by atoms with van der Waals surface area (Å²) in [5, 5.41) is 6.11. The van der Waals surface area contributed by atoms with Gasteiger partial charge in [0.15, 0.2) is 5.96 Å². The van der Waals surface area contributed by atoms with Crippen molar-refractivity contribution in [1.29, 1.82) is 0 Å². The van der Waals surface area contributed by atoms with Gasteiger partial charge in [0.1, 0.15) is 12.4 Å². The van der Waals surface area contributed by atoms with E-state index in [1.807, 2.05) is 24.3 Å². The van der Waals surface area contributed by atoms with Crippen LogP contribution in [-0.4, -0.2) is 59.3 Å². The van der Waals surface area contributed by atoms with E-state index >= 15 is 0 Å². The molecule has 0 spiro atoms. The highest BCUT2D eigenvalue weighted by atomic mass is 127. The number of hydrogen-bond acceptors (Lipinski definition) is 4. The van der Waals surface area contributed by atoms with Gasteiger partial charge in [0.25, 0.3) is 0 Å². The van der Waals surface area contributed by atoms with E-state index in [-0.39, 0.29) is 30.6 Å². The number of aliphatic imine (C=N–C) groups is 1. The van der Waals surface area contributed by atoms with Gasteiger partial charge in [-0.05, 0) is 18.6 Å². The smallest absolute Gasteiger partial charge is 0.411 e. The summed E-state index contributed by atoms with van der Waals surface area (Å²) in [7, 11) is 3.26. The van der Waals surface area contributed by atoms with Crippen LogP contribution >= 0.6 is 24.0 Å². The number of methoxy groups -OCH3 is 1. The third-order valence-electron chi connectivity index (χ3n) is 3.11. The minimum atomic E-state index is -4.29. The molecule has 0 bridgehead atoms. The number of nitrogens with one attached hydrogen (secondary N) is 2. The number of nitrogens with zero attached hydrogens (tertiary/aromatic N) is 1. The van der Waals surface area contributed by atoms with Crippen molar-refractivity contribution in [3.05, 3.63) is 24.3 Å². The third kappa shape index (κ3) is 13.5. The van der Waals surface area contributed by atoms with Crippen molar-refractivity contribution in [2.75, 3.05) is 52.4 Å². The van der Waals surface area contributed by atoms with Crippen LogP contribution in [0.2, 0.25) is 0 Å². The molecule has 0 unspecified atom stereocenters. The zero-order valence-corrected chi connectivity index (χ0v) is 17.8. The summed E-state index contributed by atoms with van der Waals surface area (Å²) in [5.41, 5.74) is 0.788. The topological polar surface area (TPSA) is 64.1 Å². The first kappa shape index (κ1) is 25.7. The van der Waals surface area contributed by atoms with Gasteiger partial charge < -0.3 is 24.8 Å². The number of halogens is 4. The van der Waals surface area contributed by atoms with E-state index in [1.54, 1.807) is 14.2 Å². The molecule has 1 rings (SSSR count). The molecular weight excluding hydrogens is 478 g/mol. The van der Waals surface area contributed by atoms with Gasteiger partial charge in [-0.15, -0.1) is 24.0 Å². The molecule has 0 aromatic heterocycles. The monoisotopic (exact) mass is 505 g/mol. The van der Waals surface area contributed by atoms with Gasteiger partial charge in [0.2, 0.25) is 0 Å². The third-order valence-corrected chi connectivity index (χ3v) is 3.11. The molecule has 0 saturated carbocycles. The number of benzene rings is 1. The van der Waals surface area contributed by atoms with E-state index in [1.165, 1.54) is 0 Å². The molecule has 0 saturated heterocycles. The maximum absolute atomic E-state index is 12.0. The summed E-state index contributed by atoms with van der Waals surface area (Å²) >= 11 is 0. The molecule has 0 radical (unpaired) electrons. The van der Waals surface area contributed by atoms with Crippen LogP contribution in [0, 0.1) is 0 Å². The second-order valence-electron chi connectivity index (χ2n) is 5.37. The van der Waals surface area contributed by atoms with Crippen molar-refractivity contribution in [3.63, 3.8) is 0 Å². The van der Waals surface area contributed by atoms with E-state index in [4.69, 9.17) is 9.47 Å². The molecule has 2 N–H and O–H groups in total. The molecule has 0 amide bonds. The highest BCUT2D eigenvalue weighted by molar-refractivity contribution is 14.0. The predicted molar refractivity (Wildman–Crippen MR) is 110 cm³/mol. The lowest BCUT2D eigenvalue weighted by atomic mass is 10.3. The van der Waals surface area contributed by atoms with Gasteiger partial charge in [-0.3, -0.25) is 4.99 Å². The Kier molecular flexibility index (Phi) is 14.1. The Morgan fingerprint density at radius 1 is 1.15 bits per heavy atom. The molecule has 1 aromatic carbocycles. The predicted octanol–water partition coefficient (Wildman–Crippen LogP) is 3.68. The maximum Gasteiger partial charge on any atom is 0.411 e. The molecule has 1 aromatic rings. The number of ether oxygens (including phenoxy) is 3. The first-order chi connectivity index (χ1) is 12.4. The number of guanidine groups is 1. The Morgan fingerprint density at radius 3 is 2.59 bits per heavy atom. The molecule has 156 valence electrons. The fourth-order valence-electron chi connectivity index (χ4n) is 1.94. The first-order valence-electron chi connectivity index (χ1n) is 8.28. The van der Waals surface area contributed by atoms with Crippen LogP contribution in [0.1, 0.15) is 12.8 Å². The van der Waals surface area contributed by atoms with E-state index in [0.717, 1.165) is 17.9 Å². The van der Waals surface area contributed by atoms with Crippen molar-refractivity contribution < 1.29 is 27.4 Å². The minimum absolute atomic E-state index is 0. The molecular formula is C17H27F3IN3O3. The Balaban J connectivity index is 0.00000676. The summed E-state index contributed by atoms with van der Waals surface area (Å²) < 4.78 is 51.0. The molecule has 0 atom stereocenters. The van der Waals surface area contributed by atoms with Gasteiger partial charge in [0.05, 0.1) is 6.61 Å². The molecule has 27 heavy (non-hydrogen) atoms. The number of alkyl halides is 3. The van der Waals surface area contributed by atoms with Crippen molar-refractivity contribution in [2.45, 2.75) is 19.0 Å². The maximum atomic E-state index is 12.0. The summed E-state index contributed by atoms with van der Waals surface area (Å²) in [6.07, 6.45) is -3.06. The van der Waals surface area contributed by atoms with Gasteiger partial charge in [0, 0.05) is 52.1 Å². The SMILES string of the molecule is CN=C(NCCCOCC(F)(F)F)Nc1cccc(OCCCOC)c1.I. The summed E-state index contributed by atoms with van der Waals surface area (Å²) in [5.74, 6) is 1.24. The Morgan fingerprint density at radius 2 is 1.93 bits per heavy atom. The minimum Gasteiger partial charge on any atom is -0.493 e. The van der Waals surface area contributed by atoms with Gasteiger partial charge in [-0.25, -0.2) is 0 Å². The highest BCUT2D eigenvalue weighted by Gasteiger charge is 2.27. The lowest BCUT2D eigenvalue weighted by Gasteiger charge is -2.13. The molecule has 0 heterocycles. The second kappa shape index (κ2) is 14.7. The zero-order chi connectivity index (χ0) is 19.3. The standard InChI is InChI=1S/C17H26F3N3O3.HI/c1-21-16(22-8-4-10-25-13-17(18,19)20)23-14-6-3-7-15(12-14)26-11-5-9-24-2;/h3,6-7,12H,4-5,8-11,13H2,1-2H3,(H2,21,22,23);1H. The highest BCUT2D eigenvalue weighted by Crippen LogP contribution is 2.17. The van der Waals surface area contributed by atoms with E-state index in [2.05, 4.69) is 20.4 Å². The van der Waals surface area contributed by atoms with Crippen LogP contribution < -0.4 is 15.4 Å². The lowest BCUT2D eigenvalue weighted by molar-refractivity contribution is -0.173. The van der Waals surface area contributed by atoms with Gasteiger partial charge in [-0.1, -0.05) is 6.07 Å². The largest absolute Gasteiger partial charge is 0.493 e. The van der Waals surface area contributed by atoms with E-state index in [9.17, 15) is 13.2 Å². The fraction of sp³-hybridized carbons (Fsp3) is 0.588. The second-order valence-corrected chi connectivity index (χ2v) is 5.37. The quantitative estimate of drug-likeness (QED) is 0.208. The molecule has 0 aliphatic carbocycles. The average molecular weight is 505 g/mol. The molecule has 10 heteroatoms. The summed E-state index contributed by atoms with van der Waals surface area (Å²) in [6, 6.07) is 7.41. The van der Waals surface area contributed by atoms with E-state index < -0.39 is 12.8 Å². The molecule has 0 aliphatic rings. The van der Waals surface area contributed by atoms with Crippen molar-refractivity contribution in [3.8, 4) is 5.75 Å². The molecule has 0 fully saturated rings. The molecule has 0 aliphatic heterocycles. The van der Waals surface area contributed by atoms with Crippen molar-refractivity contribution in [2.24, 2.45) is 4.99 Å². The van der Waals surface area contributed by atoms with Crippen LogP contribution in [-0.2, 0) is 9.47 Å². The van der Waals surface area contributed by atoms with Crippen LogP contribution in [0.15, 0.2) is 29.3 Å². The van der Waals surface area contributed by atoms with Crippen LogP contribution in [0.3, 0.4) is 0 Å². The zero-order valence-electron chi connectivity index (χ0n) is 15.5. The number of anilines is 1. The first-order valence-corrected chi connectivity index (χ1v) is 8.28. The molecule has 6 nitrogen and oxygen atoms in total. The Bertz CT molecular complexity index is 546. The van der Waals surface area contributed by atoms with Gasteiger partial charge in [-0.2, -0.15) is 13.2 Å². The van der Waals surface area contributed by atoms with Crippen LogP contribution in [0.25, 0.3) is 0 Å².